The largest absolute Gasteiger partial charge is 0.454 e. The van der Waals surface area contributed by atoms with Gasteiger partial charge < -0.3 is 19.8 Å². The summed E-state index contributed by atoms with van der Waals surface area (Å²) in [5, 5.41) is 4.74. The Morgan fingerprint density at radius 3 is 2.90 bits per heavy atom. The summed E-state index contributed by atoms with van der Waals surface area (Å²) in [5.74, 6) is 1.66. The first kappa shape index (κ1) is 12.3. The van der Waals surface area contributed by atoms with Gasteiger partial charge in [0.25, 0.3) is 0 Å². The number of aromatic amines is 1. The molecular weight excluding hydrogens is 264 g/mol. The zero-order valence-corrected chi connectivity index (χ0v) is 11.6. The van der Waals surface area contributed by atoms with E-state index < -0.39 is 0 Å². The van der Waals surface area contributed by atoms with Crippen LogP contribution in [0.5, 0.6) is 11.5 Å². The molecule has 21 heavy (non-hydrogen) atoms. The fourth-order valence-electron chi connectivity index (χ4n) is 2.67. The van der Waals surface area contributed by atoms with E-state index in [1.165, 1.54) is 22.0 Å². The number of nitrogens with one attached hydrogen (secondary N) is 2. The molecule has 0 spiro atoms. The molecule has 0 radical (unpaired) electrons. The topological polar surface area (TPSA) is 46.3 Å². The molecule has 3 aromatic rings. The quantitative estimate of drug-likeness (QED) is 0.771. The van der Waals surface area contributed by atoms with Crippen LogP contribution in [-0.2, 0) is 13.1 Å². The minimum Gasteiger partial charge on any atom is -0.454 e. The van der Waals surface area contributed by atoms with Crippen LogP contribution in [0.25, 0.3) is 10.9 Å². The van der Waals surface area contributed by atoms with E-state index in [4.69, 9.17) is 9.47 Å². The van der Waals surface area contributed by atoms with Crippen molar-refractivity contribution in [1.29, 1.82) is 0 Å². The number of fused-ring (bicyclic) bond motifs is 2. The van der Waals surface area contributed by atoms with Crippen molar-refractivity contribution in [3.05, 3.63) is 59.8 Å². The Morgan fingerprint density at radius 2 is 1.90 bits per heavy atom. The lowest BCUT2D eigenvalue weighted by Gasteiger charge is -2.05. The third-order valence-corrected chi connectivity index (χ3v) is 3.76. The molecule has 0 saturated carbocycles. The zero-order chi connectivity index (χ0) is 14.1. The highest BCUT2D eigenvalue weighted by Gasteiger charge is 2.12. The Morgan fingerprint density at radius 1 is 1.00 bits per heavy atom. The van der Waals surface area contributed by atoms with Gasteiger partial charge in [0.2, 0.25) is 6.79 Å². The number of para-hydroxylation sites is 1. The molecule has 106 valence electrons. The van der Waals surface area contributed by atoms with E-state index in [0.717, 1.165) is 24.6 Å². The van der Waals surface area contributed by atoms with Crippen molar-refractivity contribution in [2.75, 3.05) is 6.79 Å². The third kappa shape index (κ3) is 2.34. The van der Waals surface area contributed by atoms with Crippen molar-refractivity contribution in [3.8, 4) is 11.5 Å². The van der Waals surface area contributed by atoms with Gasteiger partial charge in [-0.1, -0.05) is 24.3 Å². The van der Waals surface area contributed by atoms with Gasteiger partial charge in [-0.05, 0) is 29.3 Å². The summed E-state index contributed by atoms with van der Waals surface area (Å²) in [6.45, 7) is 1.95. The number of rotatable bonds is 4. The molecule has 4 nitrogen and oxygen atoms in total. The summed E-state index contributed by atoms with van der Waals surface area (Å²) >= 11 is 0. The Kier molecular flexibility index (Phi) is 3.01. The highest BCUT2D eigenvalue weighted by Crippen LogP contribution is 2.32. The monoisotopic (exact) mass is 280 g/mol. The van der Waals surface area contributed by atoms with Crippen LogP contribution in [-0.4, -0.2) is 11.8 Å². The lowest BCUT2D eigenvalue weighted by atomic mass is 10.1. The molecule has 0 amide bonds. The van der Waals surface area contributed by atoms with Gasteiger partial charge in [-0.2, -0.15) is 0 Å². The molecule has 2 N–H and O–H groups in total. The van der Waals surface area contributed by atoms with Crippen molar-refractivity contribution < 1.29 is 9.47 Å². The van der Waals surface area contributed by atoms with E-state index in [1.807, 2.05) is 18.2 Å². The summed E-state index contributed by atoms with van der Waals surface area (Å²) < 4.78 is 10.7. The van der Waals surface area contributed by atoms with Crippen LogP contribution in [0.1, 0.15) is 11.1 Å². The maximum Gasteiger partial charge on any atom is 0.231 e. The molecular formula is C17H16N2O2. The second-order valence-electron chi connectivity index (χ2n) is 5.15. The Labute approximate surface area is 122 Å². The number of hydrogen-bond acceptors (Lipinski definition) is 3. The van der Waals surface area contributed by atoms with E-state index in [2.05, 4.69) is 40.8 Å². The van der Waals surface area contributed by atoms with Crippen molar-refractivity contribution in [3.63, 3.8) is 0 Å². The van der Waals surface area contributed by atoms with Gasteiger partial charge in [0.15, 0.2) is 11.5 Å². The van der Waals surface area contributed by atoms with Gasteiger partial charge in [-0.15, -0.1) is 0 Å². The smallest absolute Gasteiger partial charge is 0.231 e. The third-order valence-electron chi connectivity index (χ3n) is 3.76. The van der Waals surface area contributed by atoms with Gasteiger partial charge in [0, 0.05) is 30.2 Å². The van der Waals surface area contributed by atoms with Crippen LogP contribution in [0.15, 0.2) is 48.7 Å². The van der Waals surface area contributed by atoms with Crippen LogP contribution in [0.4, 0.5) is 0 Å². The molecule has 4 heteroatoms. The standard InChI is InChI=1S/C17H16N2O2/c1-2-4-15-14(3-1)13(10-19-15)9-18-8-12-5-6-16-17(7-12)21-11-20-16/h1-7,10,18-19H,8-9,11H2. The molecule has 2 heterocycles. The van der Waals surface area contributed by atoms with Gasteiger partial charge in [-0.3, -0.25) is 0 Å². The molecule has 0 saturated heterocycles. The molecule has 0 aliphatic carbocycles. The van der Waals surface area contributed by atoms with Crippen LogP contribution in [0.3, 0.4) is 0 Å². The zero-order valence-electron chi connectivity index (χ0n) is 11.6. The molecule has 0 unspecified atom stereocenters. The molecule has 0 fully saturated rings. The van der Waals surface area contributed by atoms with E-state index in [-0.39, 0.29) is 0 Å². The maximum atomic E-state index is 5.39. The lowest BCUT2D eigenvalue weighted by molar-refractivity contribution is 0.174. The molecule has 0 bridgehead atoms. The van der Waals surface area contributed by atoms with Gasteiger partial charge in [-0.25, -0.2) is 0 Å². The van der Waals surface area contributed by atoms with Crippen molar-refractivity contribution in [2.45, 2.75) is 13.1 Å². The van der Waals surface area contributed by atoms with Crippen molar-refractivity contribution >= 4 is 10.9 Å². The molecule has 0 atom stereocenters. The van der Waals surface area contributed by atoms with Gasteiger partial charge in [0.1, 0.15) is 0 Å². The summed E-state index contributed by atoms with van der Waals surface area (Å²) in [6.07, 6.45) is 2.07. The minimum atomic E-state index is 0.321. The predicted octanol–water partition coefficient (Wildman–Crippen LogP) is 3.19. The number of benzene rings is 2. The number of H-pyrrole nitrogens is 1. The van der Waals surface area contributed by atoms with E-state index >= 15 is 0 Å². The summed E-state index contributed by atoms with van der Waals surface area (Å²) in [7, 11) is 0. The average Bonchev–Trinajstić information content (AvgIpc) is 3.14. The molecule has 2 aromatic carbocycles. The van der Waals surface area contributed by atoms with E-state index in [1.54, 1.807) is 0 Å². The SMILES string of the molecule is c1ccc2c(CNCc3ccc4c(c3)OCO4)c[nH]c2c1. The highest BCUT2D eigenvalue weighted by atomic mass is 16.7. The number of hydrogen-bond donors (Lipinski definition) is 2. The highest BCUT2D eigenvalue weighted by molar-refractivity contribution is 5.82. The Bertz CT molecular complexity index is 779. The van der Waals surface area contributed by atoms with Gasteiger partial charge in [0.05, 0.1) is 0 Å². The maximum absolute atomic E-state index is 5.39. The van der Waals surface area contributed by atoms with Crippen molar-refractivity contribution in [1.82, 2.24) is 10.3 Å². The molecule has 1 aromatic heterocycles. The summed E-state index contributed by atoms with van der Waals surface area (Å²) in [4.78, 5) is 3.29. The Balaban J connectivity index is 1.43. The fraction of sp³-hybridized carbons (Fsp3) is 0.176. The van der Waals surface area contributed by atoms with Gasteiger partial charge >= 0.3 is 0 Å². The first-order valence-electron chi connectivity index (χ1n) is 7.04. The first-order chi connectivity index (χ1) is 10.4. The van der Waals surface area contributed by atoms with Crippen LogP contribution in [0, 0.1) is 0 Å². The summed E-state index contributed by atoms with van der Waals surface area (Å²) in [5.41, 5.74) is 3.66. The minimum absolute atomic E-state index is 0.321. The second kappa shape index (κ2) is 5.14. The summed E-state index contributed by atoms with van der Waals surface area (Å²) in [6, 6.07) is 14.4. The molecule has 4 rings (SSSR count). The number of ether oxygens (including phenoxy) is 2. The first-order valence-corrected chi connectivity index (χ1v) is 7.04. The van der Waals surface area contributed by atoms with Crippen LogP contribution in [0.2, 0.25) is 0 Å². The lowest BCUT2D eigenvalue weighted by Crippen LogP contribution is -2.12. The van der Waals surface area contributed by atoms with E-state index in [9.17, 15) is 0 Å². The number of aromatic nitrogens is 1. The predicted molar refractivity (Wildman–Crippen MR) is 81.4 cm³/mol. The fourth-order valence-corrected chi connectivity index (χ4v) is 2.67. The normalized spacial score (nSPS) is 13.0. The molecule has 1 aliphatic rings. The average molecular weight is 280 g/mol. The van der Waals surface area contributed by atoms with Crippen LogP contribution >= 0.6 is 0 Å². The van der Waals surface area contributed by atoms with Crippen molar-refractivity contribution in [2.24, 2.45) is 0 Å². The second-order valence-corrected chi connectivity index (χ2v) is 5.15. The Hall–Kier alpha value is -2.46. The van der Waals surface area contributed by atoms with Crippen LogP contribution < -0.4 is 14.8 Å². The molecule has 1 aliphatic heterocycles. The van der Waals surface area contributed by atoms with E-state index in [0.29, 0.717) is 6.79 Å².